The van der Waals surface area contributed by atoms with Crippen molar-refractivity contribution < 1.29 is 9.90 Å². The second-order valence-corrected chi connectivity index (χ2v) is 5.21. The molecule has 0 bridgehead atoms. The fourth-order valence-electron chi connectivity index (χ4n) is 2.40. The molecule has 0 saturated heterocycles. The molecule has 1 aliphatic rings. The Kier molecular flexibility index (Phi) is 7.16. The van der Waals surface area contributed by atoms with Gasteiger partial charge in [-0.15, -0.1) is 0 Å². The van der Waals surface area contributed by atoms with Gasteiger partial charge >= 0.3 is 5.97 Å². The van der Waals surface area contributed by atoms with E-state index in [4.69, 9.17) is 10.8 Å². The van der Waals surface area contributed by atoms with Crippen molar-refractivity contribution in [3.05, 3.63) is 47.5 Å². The predicted molar refractivity (Wildman–Crippen MR) is 90.5 cm³/mol. The van der Waals surface area contributed by atoms with Crippen LogP contribution in [0.1, 0.15) is 33.1 Å². The van der Waals surface area contributed by atoms with Crippen molar-refractivity contribution in [1.29, 1.82) is 0 Å². The van der Waals surface area contributed by atoms with Gasteiger partial charge in [0.15, 0.2) is 0 Å². The third-order valence-electron chi connectivity index (χ3n) is 3.61. The van der Waals surface area contributed by atoms with Crippen LogP contribution >= 0.6 is 0 Å². The highest BCUT2D eigenvalue weighted by Crippen LogP contribution is 2.24. The Labute approximate surface area is 132 Å². The summed E-state index contributed by atoms with van der Waals surface area (Å²) >= 11 is 0. The first-order chi connectivity index (χ1) is 10.5. The Bertz CT molecular complexity index is 542. The van der Waals surface area contributed by atoms with Crippen LogP contribution in [-0.4, -0.2) is 35.3 Å². The van der Waals surface area contributed by atoms with Crippen molar-refractivity contribution in [2.75, 3.05) is 13.1 Å². The number of nitrogens with zero attached hydrogens (tertiary/aromatic N) is 2. The minimum absolute atomic E-state index is 0.127. The number of carboxylic acid groups (broad SMARTS) is 1. The molecule has 0 saturated carbocycles. The van der Waals surface area contributed by atoms with Crippen molar-refractivity contribution in [2.45, 2.75) is 33.1 Å². The highest BCUT2D eigenvalue weighted by molar-refractivity contribution is 5.67. The maximum atomic E-state index is 10.7. The number of carboxylic acids is 1. The predicted octanol–water partition coefficient (Wildman–Crippen LogP) is 2.83. The molecule has 1 heterocycles. The van der Waals surface area contributed by atoms with Crippen molar-refractivity contribution in [1.82, 2.24) is 4.90 Å². The van der Waals surface area contributed by atoms with Gasteiger partial charge in [0.25, 0.3) is 0 Å². The molecular formula is C17H25N3O2. The Morgan fingerprint density at radius 1 is 1.50 bits per heavy atom. The third-order valence-corrected chi connectivity index (χ3v) is 3.61. The molecule has 5 heteroatoms. The summed E-state index contributed by atoms with van der Waals surface area (Å²) < 4.78 is 0. The Morgan fingerprint density at radius 3 is 2.73 bits per heavy atom. The van der Waals surface area contributed by atoms with Gasteiger partial charge in [-0.2, -0.15) is 0 Å². The van der Waals surface area contributed by atoms with Crippen LogP contribution in [0.3, 0.4) is 0 Å². The van der Waals surface area contributed by atoms with E-state index in [2.05, 4.69) is 29.5 Å². The number of hydrogen-bond acceptors (Lipinski definition) is 4. The van der Waals surface area contributed by atoms with Gasteiger partial charge < -0.3 is 15.7 Å². The first kappa shape index (κ1) is 17.8. The fraction of sp³-hybridized carbons (Fsp3) is 0.412. The van der Waals surface area contributed by atoms with Crippen LogP contribution in [0.25, 0.3) is 0 Å². The summed E-state index contributed by atoms with van der Waals surface area (Å²) in [5.41, 5.74) is 9.08. The van der Waals surface area contributed by atoms with E-state index in [-0.39, 0.29) is 6.42 Å². The van der Waals surface area contributed by atoms with Crippen molar-refractivity contribution in [2.24, 2.45) is 10.7 Å². The Balaban J connectivity index is 2.85. The lowest BCUT2D eigenvalue weighted by molar-refractivity contribution is -0.136. The van der Waals surface area contributed by atoms with Gasteiger partial charge in [-0.1, -0.05) is 24.3 Å². The monoisotopic (exact) mass is 303 g/mol. The number of hydrogen-bond donors (Lipinski definition) is 2. The number of nitrogens with two attached hydrogens (primary N) is 1. The minimum atomic E-state index is -0.788. The van der Waals surface area contributed by atoms with Crippen LogP contribution in [0, 0.1) is 0 Å². The molecule has 0 aromatic carbocycles. The van der Waals surface area contributed by atoms with Crippen LogP contribution in [0.4, 0.5) is 0 Å². The van der Waals surface area contributed by atoms with E-state index in [9.17, 15) is 4.79 Å². The lowest BCUT2D eigenvalue weighted by Crippen LogP contribution is -2.30. The zero-order valence-corrected chi connectivity index (χ0v) is 13.4. The van der Waals surface area contributed by atoms with Crippen LogP contribution in [-0.2, 0) is 4.79 Å². The van der Waals surface area contributed by atoms with Gasteiger partial charge in [-0.05, 0) is 37.8 Å². The molecule has 0 aromatic heterocycles. The van der Waals surface area contributed by atoms with E-state index in [0.717, 1.165) is 30.9 Å². The smallest absolute Gasteiger partial charge is 0.303 e. The highest BCUT2D eigenvalue weighted by Gasteiger charge is 2.17. The fourth-order valence-corrected chi connectivity index (χ4v) is 2.40. The summed E-state index contributed by atoms with van der Waals surface area (Å²) in [7, 11) is 0. The van der Waals surface area contributed by atoms with Gasteiger partial charge in [0.2, 0.25) is 0 Å². The van der Waals surface area contributed by atoms with Gasteiger partial charge in [0, 0.05) is 31.9 Å². The van der Waals surface area contributed by atoms with E-state index < -0.39 is 5.97 Å². The summed E-state index contributed by atoms with van der Waals surface area (Å²) in [4.78, 5) is 17.1. The first-order valence-electron chi connectivity index (χ1n) is 7.40. The van der Waals surface area contributed by atoms with Crippen LogP contribution in [0.2, 0.25) is 0 Å². The zero-order valence-electron chi connectivity index (χ0n) is 13.4. The summed E-state index contributed by atoms with van der Waals surface area (Å²) in [5.74, 6) is -0.0110. The zero-order chi connectivity index (χ0) is 16.5. The molecule has 0 spiro atoms. The number of allylic oxidation sites excluding steroid dienone is 3. The number of carbonyl (C=O) groups is 1. The SMILES string of the molecule is C=C/C(=C\C1=C(C)CN(/C(=C/N)N=CC)CC1)CCC(=O)O. The molecule has 5 nitrogen and oxygen atoms in total. The highest BCUT2D eigenvalue weighted by atomic mass is 16.4. The molecule has 0 aromatic rings. The molecular weight excluding hydrogens is 278 g/mol. The average molecular weight is 303 g/mol. The van der Waals surface area contributed by atoms with Crippen LogP contribution in [0.15, 0.2) is 52.5 Å². The van der Waals surface area contributed by atoms with E-state index in [1.165, 1.54) is 17.3 Å². The molecule has 0 unspecified atom stereocenters. The second-order valence-electron chi connectivity index (χ2n) is 5.21. The van der Waals surface area contributed by atoms with Gasteiger partial charge in [-0.3, -0.25) is 4.79 Å². The van der Waals surface area contributed by atoms with E-state index >= 15 is 0 Å². The molecule has 3 N–H and O–H groups in total. The Morgan fingerprint density at radius 2 is 2.23 bits per heavy atom. The summed E-state index contributed by atoms with van der Waals surface area (Å²) in [6.45, 7) is 9.33. The van der Waals surface area contributed by atoms with Crippen LogP contribution < -0.4 is 5.73 Å². The molecule has 0 atom stereocenters. The summed E-state index contributed by atoms with van der Waals surface area (Å²) in [6, 6.07) is 0. The van der Waals surface area contributed by atoms with Crippen molar-refractivity contribution >= 4 is 12.2 Å². The van der Waals surface area contributed by atoms with Gasteiger partial charge in [-0.25, -0.2) is 4.99 Å². The normalized spacial score (nSPS) is 17.3. The average Bonchev–Trinajstić information content (AvgIpc) is 2.50. The molecule has 22 heavy (non-hydrogen) atoms. The molecule has 0 amide bonds. The van der Waals surface area contributed by atoms with Gasteiger partial charge in [0.1, 0.15) is 5.82 Å². The summed E-state index contributed by atoms with van der Waals surface area (Å²) in [6.07, 6.45) is 8.58. The first-order valence-corrected chi connectivity index (χ1v) is 7.40. The van der Waals surface area contributed by atoms with E-state index in [1.54, 1.807) is 12.3 Å². The van der Waals surface area contributed by atoms with Gasteiger partial charge in [0.05, 0.1) is 0 Å². The maximum absolute atomic E-state index is 10.7. The van der Waals surface area contributed by atoms with Crippen molar-refractivity contribution in [3.63, 3.8) is 0 Å². The van der Waals surface area contributed by atoms with Crippen molar-refractivity contribution in [3.8, 4) is 0 Å². The molecule has 0 fully saturated rings. The maximum Gasteiger partial charge on any atom is 0.303 e. The number of aliphatic imine (C=N–C) groups is 1. The largest absolute Gasteiger partial charge is 0.481 e. The molecule has 1 aliphatic heterocycles. The topological polar surface area (TPSA) is 78.9 Å². The molecule has 0 aliphatic carbocycles. The standard InChI is InChI=1S/C17H25N3O2/c1-4-14(6-7-17(21)22)10-15-8-9-20(12-13(15)3)16(11-18)19-5-2/h4-5,10-11H,1,6-9,12,18H2,2-3H3,(H,21,22)/b14-10+,16-11+,19-5?. The number of aliphatic carboxylic acids is 1. The van der Waals surface area contributed by atoms with Crippen LogP contribution in [0.5, 0.6) is 0 Å². The quantitative estimate of drug-likeness (QED) is 0.560. The lowest BCUT2D eigenvalue weighted by atomic mass is 9.97. The van der Waals surface area contributed by atoms with E-state index in [1.807, 2.05) is 6.92 Å². The lowest BCUT2D eigenvalue weighted by Gasteiger charge is -2.30. The Hall–Kier alpha value is -2.30. The minimum Gasteiger partial charge on any atom is -0.481 e. The second kappa shape index (κ2) is 8.87. The molecule has 120 valence electrons. The molecule has 0 radical (unpaired) electrons. The number of rotatable bonds is 7. The molecule has 1 rings (SSSR count). The summed E-state index contributed by atoms with van der Waals surface area (Å²) in [5, 5.41) is 8.78. The van der Waals surface area contributed by atoms with E-state index in [0.29, 0.717) is 6.42 Å². The third kappa shape index (κ3) is 5.24.